The minimum atomic E-state index is -2.38. The van der Waals surface area contributed by atoms with Gasteiger partial charge in [0.1, 0.15) is 18.1 Å². The fourth-order valence-electron chi connectivity index (χ4n) is 7.33. The number of likely N-dealkylation sites (tertiary alicyclic amines) is 1. The van der Waals surface area contributed by atoms with Crippen LogP contribution in [0.3, 0.4) is 0 Å². The lowest BCUT2D eigenvalue weighted by molar-refractivity contribution is -0.295. The van der Waals surface area contributed by atoms with Crippen LogP contribution in [0.15, 0.2) is 11.3 Å². The van der Waals surface area contributed by atoms with E-state index in [1.165, 1.54) is 0 Å². The molecule has 0 radical (unpaired) electrons. The van der Waals surface area contributed by atoms with Crippen molar-refractivity contribution in [3.63, 3.8) is 0 Å². The number of piperidine rings is 1. The van der Waals surface area contributed by atoms with Crippen LogP contribution < -0.4 is 0 Å². The summed E-state index contributed by atoms with van der Waals surface area (Å²) in [6.45, 7) is 12.1. The molecular formula is C33H57F2N3O7. The molecule has 0 unspecified atom stereocenters. The highest BCUT2D eigenvalue weighted by atomic mass is 19.3. The average Bonchev–Trinajstić information content (AvgIpc) is 2.96. The number of rotatable bonds is 6. The normalized spacial score (nSPS) is 36.5. The van der Waals surface area contributed by atoms with Gasteiger partial charge in [0, 0.05) is 45.8 Å². The van der Waals surface area contributed by atoms with E-state index in [9.17, 15) is 23.5 Å². The zero-order valence-electron chi connectivity index (χ0n) is 29.0. The van der Waals surface area contributed by atoms with Gasteiger partial charge in [0.2, 0.25) is 0 Å². The molecule has 260 valence electrons. The number of aliphatic hydroxyl groups excluding tert-OH is 1. The molecule has 3 saturated heterocycles. The molecule has 3 aliphatic heterocycles. The van der Waals surface area contributed by atoms with Gasteiger partial charge in [-0.1, -0.05) is 13.8 Å². The molecular weight excluding hydrogens is 588 g/mol. The highest BCUT2D eigenvalue weighted by Crippen LogP contribution is 2.38. The first kappa shape index (κ1) is 37.8. The number of hydrogen-bond acceptors (Lipinski definition) is 10. The van der Waals surface area contributed by atoms with Gasteiger partial charge in [-0.2, -0.15) is 0 Å². The molecule has 0 spiro atoms. The Balaban J connectivity index is 1.98. The zero-order valence-corrected chi connectivity index (χ0v) is 29.0. The summed E-state index contributed by atoms with van der Waals surface area (Å²) < 4.78 is 50.7. The summed E-state index contributed by atoms with van der Waals surface area (Å²) in [5.74, 6) is -1.79. The van der Waals surface area contributed by atoms with Crippen molar-refractivity contribution < 1.29 is 42.4 Å². The summed E-state index contributed by atoms with van der Waals surface area (Å²) in [6.07, 6.45) is -3.08. The van der Waals surface area contributed by atoms with Crippen molar-refractivity contribution in [3.05, 3.63) is 11.3 Å². The zero-order chi connectivity index (χ0) is 33.9. The van der Waals surface area contributed by atoms with Gasteiger partial charge in [-0.25, -0.2) is 8.78 Å². The Morgan fingerprint density at radius 3 is 2.29 bits per heavy atom. The first-order valence-electron chi connectivity index (χ1n) is 16.3. The third-order valence-corrected chi connectivity index (χ3v) is 10.0. The molecule has 0 aromatic rings. The molecule has 3 heterocycles. The van der Waals surface area contributed by atoms with Gasteiger partial charge in [0.25, 0.3) is 6.43 Å². The van der Waals surface area contributed by atoms with Crippen molar-refractivity contribution in [1.82, 2.24) is 14.7 Å². The summed E-state index contributed by atoms with van der Waals surface area (Å²) in [5.41, 5.74) is -0.583. The maximum atomic E-state index is 14.2. The summed E-state index contributed by atoms with van der Waals surface area (Å²) >= 11 is 0. The second-order valence-corrected chi connectivity index (χ2v) is 14.4. The Morgan fingerprint density at radius 1 is 1.11 bits per heavy atom. The second kappa shape index (κ2) is 15.5. The van der Waals surface area contributed by atoms with Gasteiger partial charge in [-0.3, -0.25) is 14.5 Å². The highest BCUT2D eigenvalue weighted by Gasteiger charge is 2.51. The molecule has 3 aliphatic rings. The summed E-state index contributed by atoms with van der Waals surface area (Å²) in [6, 6.07) is -0.207. The first-order valence-corrected chi connectivity index (χ1v) is 16.3. The fraction of sp³-hybridized carbons (Fsp3) is 0.879. The van der Waals surface area contributed by atoms with Crippen LogP contribution in [0, 0.1) is 17.3 Å². The molecule has 0 aromatic heterocycles. The third-order valence-electron chi connectivity index (χ3n) is 10.0. The Hall–Kier alpha value is -1.70. The van der Waals surface area contributed by atoms with Gasteiger partial charge < -0.3 is 33.9 Å². The molecule has 0 aromatic carbocycles. The number of hydrogen-bond donors (Lipinski definition) is 1. The van der Waals surface area contributed by atoms with E-state index in [2.05, 4.69) is 11.8 Å². The number of ketones is 1. The van der Waals surface area contributed by atoms with Gasteiger partial charge in [0.15, 0.2) is 12.1 Å². The van der Waals surface area contributed by atoms with E-state index in [1.54, 1.807) is 32.8 Å². The molecule has 0 saturated carbocycles. The predicted octanol–water partition coefficient (Wildman–Crippen LogP) is 3.56. The number of methoxy groups -OCH3 is 1. The predicted molar refractivity (Wildman–Crippen MR) is 167 cm³/mol. The molecule has 12 heteroatoms. The van der Waals surface area contributed by atoms with Crippen LogP contribution in [0.25, 0.3) is 0 Å². The smallest absolute Gasteiger partial charge is 0.319 e. The number of Topliss-reactive ketones (excluding diaryl/α,β-unsaturated/α-hetero) is 1. The van der Waals surface area contributed by atoms with Gasteiger partial charge in [0.05, 0.1) is 30.1 Å². The summed E-state index contributed by atoms with van der Waals surface area (Å²) in [5, 5.41) is 11.3. The lowest BCUT2D eigenvalue weighted by Crippen LogP contribution is -2.59. The van der Waals surface area contributed by atoms with Crippen LogP contribution in [0.5, 0.6) is 0 Å². The molecule has 8 atom stereocenters. The monoisotopic (exact) mass is 645 g/mol. The van der Waals surface area contributed by atoms with E-state index in [4.69, 9.17) is 18.9 Å². The quantitative estimate of drug-likeness (QED) is 0.341. The minimum absolute atomic E-state index is 0.00921. The number of aliphatic hydroxyl groups is 1. The number of halogens is 2. The van der Waals surface area contributed by atoms with E-state index >= 15 is 0 Å². The maximum Gasteiger partial charge on any atom is 0.319 e. The molecule has 0 aliphatic carbocycles. The molecule has 45 heavy (non-hydrogen) atoms. The van der Waals surface area contributed by atoms with Crippen molar-refractivity contribution in [3.8, 4) is 0 Å². The van der Waals surface area contributed by atoms with Crippen LogP contribution in [-0.4, -0.2) is 135 Å². The molecule has 3 fully saturated rings. The highest BCUT2D eigenvalue weighted by molar-refractivity contribution is 6.04. The SMILES string of the molecule is CO[C@]1(C)C[C@@H](C)CN(C)C(=C2CCN(CC(F)F)CC2)COC(=O)C(C)(C)C(=O)[C@H](C)[C@H]1O[C@@H]1O[C@H](C)C[C@H](N(C)C)[C@H]1O. The Labute approximate surface area is 268 Å². The van der Waals surface area contributed by atoms with E-state index in [0.29, 0.717) is 45.3 Å². The van der Waals surface area contributed by atoms with E-state index in [0.717, 1.165) is 11.3 Å². The number of nitrogens with zero attached hydrogens (tertiary/aromatic N) is 3. The topological polar surface area (TPSA) is 101 Å². The van der Waals surface area contributed by atoms with Crippen molar-refractivity contribution >= 4 is 11.8 Å². The van der Waals surface area contributed by atoms with E-state index in [-0.39, 0.29) is 37.0 Å². The maximum absolute atomic E-state index is 14.2. The first-order chi connectivity index (χ1) is 20.9. The van der Waals surface area contributed by atoms with E-state index < -0.39 is 47.8 Å². The van der Waals surface area contributed by atoms with Crippen molar-refractivity contribution in [2.45, 2.75) is 110 Å². The Kier molecular flexibility index (Phi) is 13.0. The van der Waals surface area contributed by atoms with Crippen LogP contribution in [0.4, 0.5) is 8.78 Å². The van der Waals surface area contributed by atoms with Gasteiger partial charge in [-0.05, 0) is 79.0 Å². The average molecular weight is 646 g/mol. The lowest BCUT2D eigenvalue weighted by Gasteiger charge is -2.47. The lowest BCUT2D eigenvalue weighted by atomic mass is 9.74. The largest absolute Gasteiger partial charge is 0.459 e. The molecule has 0 bridgehead atoms. The van der Waals surface area contributed by atoms with Crippen molar-refractivity contribution in [2.24, 2.45) is 17.3 Å². The van der Waals surface area contributed by atoms with E-state index in [1.807, 2.05) is 39.9 Å². The summed E-state index contributed by atoms with van der Waals surface area (Å²) in [4.78, 5) is 33.5. The van der Waals surface area contributed by atoms with Gasteiger partial charge >= 0.3 is 5.97 Å². The fourth-order valence-corrected chi connectivity index (χ4v) is 7.33. The summed E-state index contributed by atoms with van der Waals surface area (Å²) in [7, 11) is 7.33. The van der Waals surface area contributed by atoms with Crippen molar-refractivity contribution in [1.29, 1.82) is 0 Å². The Bertz CT molecular complexity index is 1050. The molecule has 10 nitrogen and oxygen atoms in total. The number of carbonyl (C=O) groups excluding carboxylic acids is 2. The van der Waals surface area contributed by atoms with Crippen LogP contribution in [-0.2, 0) is 28.5 Å². The Morgan fingerprint density at radius 2 is 1.73 bits per heavy atom. The van der Waals surface area contributed by atoms with Crippen molar-refractivity contribution in [2.75, 3.05) is 61.0 Å². The molecule has 3 rings (SSSR count). The molecule has 0 amide bonds. The number of alkyl halides is 2. The van der Waals surface area contributed by atoms with Crippen LogP contribution >= 0.6 is 0 Å². The number of esters is 1. The number of cyclic esters (lactones) is 1. The number of ether oxygens (including phenoxy) is 4. The number of carbonyl (C=O) groups is 2. The van der Waals surface area contributed by atoms with Gasteiger partial charge in [-0.15, -0.1) is 0 Å². The van der Waals surface area contributed by atoms with Crippen LogP contribution in [0.2, 0.25) is 0 Å². The number of likely N-dealkylation sites (N-methyl/N-ethyl adjacent to an activating group) is 2. The second-order valence-electron chi connectivity index (χ2n) is 14.4. The molecule has 1 N–H and O–H groups in total. The third kappa shape index (κ3) is 9.01. The standard InChI is InChI=1S/C33H57F2N3O7/c1-20-16-33(6,42-10)29(45-30-27(39)24(36(7)8)15-21(2)44-30)22(3)28(40)32(4,5)31(41)43-19-25(37(9)17-20)23-11-13-38(14-12-23)18-26(34)35/h20-22,24,26-27,29-30,39H,11-19H2,1-10H3/t20-,21-,22+,24+,27-,29-,30+,33-/m1/s1. The minimum Gasteiger partial charge on any atom is -0.459 e. The van der Waals surface area contributed by atoms with Crippen LogP contribution in [0.1, 0.15) is 67.2 Å².